The topological polar surface area (TPSA) is 38.9 Å². The normalized spacial score (nSPS) is 10.7. The van der Waals surface area contributed by atoms with Crippen molar-refractivity contribution in [2.45, 2.75) is 6.92 Å². The Morgan fingerprint density at radius 1 is 1.20 bits per heavy atom. The molecule has 0 amide bonds. The fraction of sp³-hybridized carbons (Fsp3) is 0.100. The van der Waals surface area contributed by atoms with Gasteiger partial charge in [-0.05, 0) is 18.6 Å². The van der Waals surface area contributed by atoms with Crippen molar-refractivity contribution in [2.75, 3.05) is 5.73 Å². The lowest BCUT2D eigenvalue weighted by Crippen LogP contribution is -2.24. The summed E-state index contributed by atoms with van der Waals surface area (Å²) >= 11 is 0. The number of benzene rings is 1. The van der Waals surface area contributed by atoms with E-state index in [1.54, 1.807) is 12.1 Å². The molecule has 0 fully saturated rings. The molecule has 0 unspecified atom stereocenters. The number of rotatable bonds is 0. The van der Waals surface area contributed by atoms with Crippen LogP contribution in [0.15, 0.2) is 12.1 Å². The molecule has 0 aliphatic rings. The second-order valence-corrected chi connectivity index (χ2v) is 3.54. The van der Waals surface area contributed by atoms with Crippen LogP contribution in [0.3, 0.4) is 0 Å². The number of hydrogen-bond donors (Lipinski definition) is 1. The molecule has 0 bridgehead atoms. The van der Waals surface area contributed by atoms with Crippen LogP contribution in [0.4, 0.5) is 5.69 Å². The average molecular weight is 188 g/mol. The van der Waals surface area contributed by atoms with E-state index in [1.807, 2.05) is 6.92 Å². The fourth-order valence-corrected chi connectivity index (χ4v) is 1.55. The third kappa shape index (κ3) is 1.52. The van der Waals surface area contributed by atoms with E-state index in [0.29, 0.717) is 27.7 Å². The molecule has 0 atom stereocenters. The van der Waals surface area contributed by atoms with E-state index in [-0.39, 0.29) is 0 Å². The van der Waals surface area contributed by atoms with E-state index in [0.717, 1.165) is 10.9 Å². The van der Waals surface area contributed by atoms with Crippen molar-refractivity contribution >= 4 is 56.6 Å². The van der Waals surface area contributed by atoms with Crippen LogP contribution in [0, 0.1) is 6.92 Å². The minimum absolute atomic E-state index is 0.357. The largest absolute Gasteiger partial charge is 0.398 e. The molecule has 0 aliphatic carbocycles. The standard InChI is InChI=1S/C10H7B3N2/c1-4-6(11)2-5-7(14)3-8(12)15-10(5)9(4)13/h2-3H,1H3,(H2,14,15). The lowest BCUT2D eigenvalue weighted by molar-refractivity contribution is 1.47. The minimum Gasteiger partial charge on any atom is -0.398 e. The molecule has 66 valence electrons. The Morgan fingerprint density at radius 2 is 1.87 bits per heavy atom. The molecule has 0 aliphatic heterocycles. The second kappa shape index (κ2) is 3.33. The van der Waals surface area contributed by atoms with Crippen molar-refractivity contribution < 1.29 is 0 Å². The van der Waals surface area contributed by atoms with Gasteiger partial charge in [0.1, 0.15) is 23.5 Å². The summed E-state index contributed by atoms with van der Waals surface area (Å²) in [7, 11) is 17.3. The molecule has 1 heterocycles. The molecule has 6 radical (unpaired) electrons. The van der Waals surface area contributed by atoms with Gasteiger partial charge in [0, 0.05) is 11.1 Å². The van der Waals surface area contributed by atoms with Crippen LogP contribution in [0.25, 0.3) is 10.9 Å². The number of hydrogen-bond acceptors (Lipinski definition) is 2. The Hall–Kier alpha value is -1.38. The van der Waals surface area contributed by atoms with Gasteiger partial charge in [0.25, 0.3) is 0 Å². The van der Waals surface area contributed by atoms with E-state index in [2.05, 4.69) is 4.98 Å². The molecule has 0 saturated carbocycles. The maximum Gasteiger partial charge on any atom is 0.141 e. The highest BCUT2D eigenvalue weighted by Gasteiger charge is 2.07. The first-order valence-corrected chi connectivity index (χ1v) is 4.51. The van der Waals surface area contributed by atoms with E-state index >= 15 is 0 Å². The third-order valence-electron chi connectivity index (χ3n) is 2.50. The summed E-state index contributed by atoms with van der Waals surface area (Å²) in [6.45, 7) is 1.84. The molecule has 0 spiro atoms. The molecule has 5 heteroatoms. The van der Waals surface area contributed by atoms with Crippen LogP contribution >= 0.6 is 0 Å². The SMILES string of the molecule is [B]c1cc(N)c2cc([B])c(C)c([B])c2n1. The number of nitrogens with two attached hydrogens (primary N) is 1. The predicted molar refractivity (Wildman–Crippen MR) is 67.1 cm³/mol. The number of nitrogens with zero attached hydrogens (tertiary/aromatic N) is 1. The first kappa shape index (κ1) is 10.2. The van der Waals surface area contributed by atoms with Crippen molar-refractivity contribution in [1.29, 1.82) is 0 Å². The quantitative estimate of drug-likeness (QED) is 0.511. The van der Waals surface area contributed by atoms with Crippen LogP contribution in [-0.2, 0) is 0 Å². The van der Waals surface area contributed by atoms with Crippen molar-refractivity contribution in [2.24, 2.45) is 0 Å². The van der Waals surface area contributed by atoms with Gasteiger partial charge in [0.15, 0.2) is 0 Å². The molecule has 2 aromatic rings. The summed E-state index contributed by atoms with van der Waals surface area (Å²) in [5.41, 5.74) is 9.27. The summed E-state index contributed by atoms with van der Waals surface area (Å²) < 4.78 is 0. The molecule has 15 heavy (non-hydrogen) atoms. The van der Waals surface area contributed by atoms with E-state index in [4.69, 9.17) is 29.3 Å². The highest BCUT2D eigenvalue weighted by molar-refractivity contribution is 6.45. The lowest BCUT2D eigenvalue weighted by Gasteiger charge is -2.12. The van der Waals surface area contributed by atoms with Crippen LogP contribution in [0.5, 0.6) is 0 Å². The molecule has 1 aromatic carbocycles. The average Bonchev–Trinajstić information content (AvgIpc) is 2.17. The van der Waals surface area contributed by atoms with Crippen LogP contribution in [-0.4, -0.2) is 28.5 Å². The van der Waals surface area contributed by atoms with Gasteiger partial charge in [-0.1, -0.05) is 22.6 Å². The molecule has 1 aromatic heterocycles. The van der Waals surface area contributed by atoms with Gasteiger partial charge >= 0.3 is 0 Å². The number of fused-ring (bicyclic) bond motifs is 1. The number of anilines is 1. The summed E-state index contributed by atoms with van der Waals surface area (Å²) in [4.78, 5) is 4.16. The monoisotopic (exact) mass is 188 g/mol. The zero-order valence-electron chi connectivity index (χ0n) is 8.41. The Labute approximate surface area is 92.5 Å². The summed E-state index contributed by atoms with van der Waals surface area (Å²) in [5.74, 6) is 0. The Bertz CT molecular complexity index is 552. The smallest absolute Gasteiger partial charge is 0.141 e. The summed E-state index contributed by atoms with van der Waals surface area (Å²) in [6, 6.07) is 3.36. The first-order chi connectivity index (χ1) is 7.00. The van der Waals surface area contributed by atoms with Gasteiger partial charge in [-0.2, -0.15) is 0 Å². The molecule has 2 N–H and O–H groups in total. The minimum atomic E-state index is 0.357. The Balaban J connectivity index is 2.98. The van der Waals surface area contributed by atoms with E-state index < -0.39 is 0 Å². The van der Waals surface area contributed by atoms with Crippen molar-refractivity contribution in [3.63, 3.8) is 0 Å². The van der Waals surface area contributed by atoms with Crippen LogP contribution < -0.4 is 22.3 Å². The van der Waals surface area contributed by atoms with Gasteiger partial charge in [-0.15, -0.1) is 0 Å². The molecule has 0 saturated heterocycles. The summed E-state index contributed by atoms with van der Waals surface area (Å²) in [5, 5.41) is 0.741. The van der Waals surface area contributed by atoms with Crippen LogP contribution in [0.1, 0.15) is 5.56 Å². The van der Waals surface area contributed by atoms with Gasteiger partial charge in [0.2, 0.25) is 0 Å². The molecule has 2 nitrogen and oxygen atoms in total. The maximum absolute atomic E-state index is 5.90. The molecule has 2 rings (SSSR count). The number of pyridine rings is 1. The lowest BCUT2D eigenvalue weighted by atomic mass is 9.79. The first-order valence-electron chi connectivity index (χ1n) is 4.51. The van der Waals surface area contributed by atoms with Gasteiger partial charge in [-0.25, -0.2) is 0 Å². The maximum atomic E-state index is 5.90. The van der Waals surface area contributed by atoms with E-state index in [9.17, 15) is 0 Å². The van der Waals surface area contributed by atoms with Crippen molar-refractivity contribution in [1.82, 2.24) is 4.98 Å². The van der Waals surface area contributed by atoms with Crippen LogP contribution in [0.2, 0.25) is 0 Å². The molecular weight excluding hydrogens is 181 g/mol. The van der Waals surface area contributed by atoms with E-state index in [1.165, 1.54) is 0 Å². The molecular formula is C10H7B3N2. The van der Waals surface area contributed by atoms with Crippen molar-refractivity contribution in [3.05, 3.63) is 17.7 Å². The number of aromatic nitrogens is 1. The highest BCUT2D eigenvalue weighted by Crippen LogP contribution is 2.15. The third-order valence-corrected chi connectivity index (χ3v) is 2.50. The number of nitrogen functional groups attached to an aromatic ring is 1. The summed E-state index contributed by atoms with van der Waals surface area (Å²) in [6.07, 6.45) is 0. The predicted octanol–water partition coefficient (Wildman–Crippen LogP) is -1.49. The zero-order chi connectivity index (χ0) is 11.2. The van der Waals surface area contributed by atoms with Gasteiger partial charge in [-0.3, -0.25) is 4.98 Å². The second-order valence-electron chi connectivity index (χ2n) is 3.54. The highest BCUT2D eigenvalue weighted by atomic mass is 14.7. The van der Waals surface area contributed by atoms with Gasteiger partial charge in [0.05, 0.1) is 5.52 Å². The van der Waals surface area contributed by atoms with Gasteiger partial charge < -0.3 is 5.73 Å². The Kier molecular flexibility index (Phi) is 2.26. The zero-order valence-corrected chi connectivity index (χ0v) is 8.41. The Morgan fingerprint density at radius 3 is 2.53 bits per heavy atom. The fourth-order valence-electron chi connectivity index (χ4n) is 1.55. The van der Waals surface area contributed by atoms with Crippen molar-refractivity contribution in [3.8, 4) is 0 Å².